The Kier molecular flexibility index (Phi) is 30.6. The van der Waals surface area contributed by atoms with Gasteiger partial charge in [0.05, 0.1) is 0 Å². The Hall–Kier alpha value is -1.06. The molecule has 0 aromatic rings. The zero-order valence-corrected chi connectivity index (χ0v) is 26.5. The van der Waals surface area contributed by atoms with Gasteiger partial charge in [-0.2, -0.15) is 0 Å². The van der Waals surface area contributed by atoms with Crippen molar-refractivity contribution in [3.05, 3.63) is 0 Å². The van der Waals surface area contributed by atoms with Gasteiger partial charge in [0.25, 0.3) is 0 Å². The van der Waals surface area contributed by atoms with Crippen LogP contribution in [0.15, 0.2) is 0 Å². The Morgan fingerprint density at radius 2 is 0.769 bits per heavy atom. The second-order valence-electron chi connectivity index (χ2n) is 12.1. The van der Waals surface area contributed by atoms with Crippen LogP contribution in [0.3, 0.4) is 0 Å². The minimum atomic E-state index is -0.708. The monoisotopic (exact) mass is 553 g/mol. The predicted molar refractivity (Wildman–Crippen MR) is 167 cm³/mol. The molecule has 4 heteroatoms. The highest BCUT2D eigenvalue weighted by Crippen LogP contribution is 2.19. The van der Waals surface area contributed by atoms with E-state index in [1.807, 2.05) is 0 Å². The average molecular weight is 553 g/mol. The molecule has 232 valence electrons. The molecule has 0 bridgehead atoms. The first-order valence-corrected chi connectivity index (χ1v) is 17.5. The molecule has 0 rings (SSSR count). The number of hydrogen-bond acceptors (Lipinski definition) is 3. The van der Waals surface area contributed by atoms with E-state index in [4.69, 9.17) is 9.84 Å². The van der Waals surface area contributed by atoms with Crippen molar-refractivity contribution < 1.29 is 19.4 Å². The van der Waals surface area contributed by atoms with Gasteiger partial charge in [0, 0.05) is 12.8 Å². The topological polar surface area (TPSA) is 63.6 Å². The van der Waals surface area contributed by atoms with Crippen LogP contribution in [0.4, 0.5) is 0 Å². The molecule has 1 atom stereocenters. The van der Waals surface area contributed by atoms with E-state index in [0.29, 0.717) is 6.42 Å². The maximum Gasteiger partial charge on any atom is 0.306 e. The Labute approximate surface area is 243 Å². The van der Waals surface area contributed by atoms with Gasteiger partial charge in [0.1, 0.15) is 6.10 Å². The number of carbonyl (C=O) groups is 2. The van der Waals surface area contributed by atoms with E-state index in [1.54, 1.807) is 0 Å². The Morgan fingerprint density at radius 1 is 0.462 bits per heavy atom. The lowest BCUT2D eigenvalue weighted by Gasteiger charge is -2.18. The highest BCUT2D eigenvalue weighted by atomic mass is 16.5. The molecule has 4 nitrogen and oxygen atoms in total. The minimum absolute atomic E-state index is 0.00923. The van der Waals surface area contributed by atoms with Crippen LogP contribution in [-0.4, -0.2) is 23.1 Å². The molecular weight excluding hydrogens is 484 g/mol. The standard InChI is InChI=1S/C35H68O4/c1-3-5-7-9-11-13-15-16-18-20-22-28-32-35(38)39-33(30-26-23-24-27-31-34(36)37)29-25-21-19-17-14-12-10-8-6-4-2/h33H,3-32H2,1-2H3,(H,36,37). The van der Waals surface area contributed by atoms with Gasteiger partial charge in [-0.25, -0.2) is 0 Å². The minimum Gasteiger partial charge on any atom is -0.481 e. The van der Waals surface area contributed by atoms with Crippen molar-refractivity contribution in [2.45, 2.75) is 213 Å². The van der Waals surface area contributed by atoms with Gasteiger partial charge in [-0.05, 0) is 38.5 Å². The van der Waals surface area contributed by atoms with Gasteiger partial charge in [-0.3, -0.25) is 9.59 Å². The Bertz CT molecular complexity index is 519. The Balaban J connectivity index is 3.98. The lowest BCUT2D eigenvalue weighted by molar-refractivity contribution is -0.150. The average Bonchev–Trinajstić information content (AvgIpc) is 2.91. The van der Waals surface area contributed by atoms with Gasteiger partial charge < -0.3 is 9.84 Å². The summed E-state index contributed by atoms with van der Waals surface area (Å²) in [5.74, 6) is -0.717. The van der Waals surface area contributed by atoms with Crippen LogP contribution >= 0.6 is 0 Å². The number of unbranched alkanes of at least 4 members (excludes halogenated alkanes) is 23. The first kappa shape index (κ1) is 37.9. The van der Waals surface area contributed by atoms with Crippen LogP contribution < -0.4 is 0 Å². The van der Waals surface area contributed by atoms with Crippen molar-refractivity contribution in [3.8, 4) is 0 Å². The molecule has 0 heterocycles. The zero-order valence-electron chi connectivity index (χ0n) is 26.5. The van der Waals surface area contributed by atoms with Gasteiger partial charge in [0.15, 0.2) is 0 Å². The third-order valence-corrected chi connectivity index (χ3v) is 8.08. The molecule has 0 aliphatic heterocycles. The summed E-state index contributed by atoms with van der Waals surface area (Å²) in [4.78, 5) is 23.2. The molecule has 0 saturated carbocycles. The molecule has 0 saturated heterocycles. The van der Waals surface area contributed by atoms with Crippen LogP contribution in [0.2, 0.25) is 0 Å². The normalized spacial score (nSPS) is 12.1. The van der Waals surface area contributed by atoms with E-state index in [0.717, 1.165) is 57.8 Å². The highest BCUT2D eigenvalue weighted by Gasteiger charge is 2.14. The SMILES string of the molecule is CCCCCCCCCCCCCCC(=O)OC(CCCCCCCCCCCC)CCCCCCC(=O)O. The van der Waals surface area contributed by atoms with Crippen molar-refractivity contribution in [2.75, 3.05) is 0 Å². The third kappa shape index (κ3) is 31.3. The van der Waals surface area contributed by atoms with E-state index in [1.165, 1.54) is 122 Å². The molecule has 0 aromatic heterocycles. The summed E-state index contributed by atoms with van der Waals surface area (Å²) in [7, 11) is 0. The molecule has 0 radical (unpaired) electrons. The molecule has 39 heavy (non-hydrogen) atoms. The van der Waals surface area contributed by atoms with Gasteiger partial charge >= 0.3 is 11.9 Å². The second kappa shape index (κ2) is 31.5. The number of rotatable bonds is 32. The van der Waals surface area contributed by atoms with Crippen molar-refractivity contribution in [1.82, 2.24) is 0 Å². The first-order chi connectivity index (χ1) is 19.1. The highest BCUT2D eigenvalue weighted by molar-refractivity contribution is 5.69. The van der Waals surface area contributed by atoms with Gasteiger partial charge in [-0.1, -0.05) is 155 Å². The molecule has 1 unspecified atom stereocenters. The molecular formula is C35H68O4. The van der Waals surface area contributed by atoms with Crippen LogP contribution in [-0.2, 0) is 14.3 Å². The number of hydrogen-bond donors (Lipinski definition) is 1. The predicted octanol–water partition coefficient (Wildman–Crippen LogP) is 11.7. The fourth-order valence-electron chi connectivity index (χ4n) is 5.48. The summed E-state index contributed by atoms with van der Waals surface area (Å²) in [6, 6.07) is 0. The number of esters is 1. The van der Waals surface area contributed by atoms with Crippen molar-refractivity contribution in [2.24, 2.45) is 0 Å². The summed E-state index contributed by atoms with van der Waals surface area (Å²) in [5, 5.41) is 8.81. The molecule has 0 aliphatic carbocycles. The van der Waals surface area contributed by atoms with Crippen LogP contribution in [0.1, 0.15) is 206 Å². The largest absolute Gasteiger partial charge is 0.481 e. The fraction of sp³-hybridized carbons (Fsp3) is 0.943. The quantitative estimate of drug-likeness (QED) is 0.0665. The van der Waals surface area contributed by atoms with E-state index in [2.05, 4.69) is 13.8 Å². The number of carbonyl (C=O) groups excluding carboxylic acids is 1. The summed E-state index contributed by atoms with van der Waals surface area (Å²) in [6.45, 7) is 4.54. The number of aliphatic carboxylic acids is 1. The maximum absolute atomic E-state index is 12.5. The van der Waals surface area contributed by atoms with Gasteiger partial charge in [-0.15, -0.1) is 0 Å². The van der Waals surface area contributed by atoms with Crippen molar-refractivity contribution >= 4 is 11.9 Å². The second-order valence-corrected chi connectivity index (χ2v) is 12.1. The van der Waals surface area contributed by atoms with Gasteiger partial charge in [0.2, 0.25) is 0 Å². The summed E-state index contributed by atoms with van der Waals surface area (Å²) in [5.41, 5.74) is 0. The van der Waals surface area contributed by atoms with E-state index in [-0.39, 0.29) is 18.5 Å². The van der Waals surface area contributed by atoms with E-state index < -0.39 is 5.97 Å². The Morgan fingerprint density at radius 3 is 1.13 bits per heavy atom. The lowest BCUT2D eigenvalue weighted by atomic mass is 10.0. The van der Waals surface area contributed by atoms with E-state index >= 15 is 0 Å². The first-order valence-electron chi connectivity index (χ1n) is 17.5. The fourth-order valence-corrected chi connectivity index (χ4v) is 5.48. The molecule has 0 aliphatic rings. The molecule has 0 amide bonds. The molecule has 0 fully saturated rings. The molecule has 1 N–H and O–H groups in total. The van der Waals surface area contributed by atoms with Crippen LogP contribution in [0.5, 0.6) is 0 Å². The summed E-state index contributed by atoms with van der Waals surface area (Å²) in [6.07, 6.45) is 35.3. The maximum atomic E-state index is 12.5. The smallest absolute Gasteiger partial charge is 0.306 e. The van der Waals surface area contributed by atoms with Crippen LogP contribution in [0.25, 0.3) is 0 Å². The van der Waals surface area contributed by atoms with Crippen molar-refractivity contribution in [3.63, 3.8) is 0 Å². The number of carboxylic acid groups (broad SMARTS) is 1. The van der Waals surface area contributed by atoms with Crippen LogP contribution in [0, 0.1) is 0 Å². The molecule has 0 spiro atoms. The zero-order chi connectivity index (χ0) is 28.7. The number of ether oxygens (including phenoxy) is 1. The summed E-state index contributed by atoms with van der Waals surface area (Å²) >= 11 is 0. The molecule has 0 aromatic carbocycles. The van der Waals surface area contributed by atoms with E-state index in [9.17, 15) is 9.59 Å². The third-order valence-electron chi connectivity index (χ3n) is 8.08. The number of carboxylic acids is 1. The van der Waals surface area contributed by atoms with Crippen molar-refractivity contribution in [1.29, 1.82) is 0 Å². The lowest BCUT2D eigenvalue weighted by Crippen LogP contribution is -2.18. The summed E-state index contributed by atoms with van der Waals surface area (Å²) < 4.78 is 5.94.